The van der Waals surface area contributed by atoms with Crippen LogP contribution >= 0.6 is 11.8 Å². The maximum absolute atomic E-state index is 13.9. The Morgan fingerprint density at radius 1 is 1.02 bits per heavy atom. The van der Waals surface area contributed by atoms with E-state index in [4.69, 9.17) is 14.8 Å². The molecule has 1 aliphatic heterocycles. The predicted octanol–water partition coefficient (Wildman–Crippen LogP) is 4.01. The van der Waals surface area contributed by atoms with Crippen molar-refractivity contribution in [3.05, 3.63) is 72.1 Å². The molecule has 3 atom stereocenters. The van der Waals surface area contributed by atoms with Crippen LogP contribution in [-0.4, -0.2) is 75.6 Å². The van der Waals surface area contributed by atoms with E-state index in [2.05, 4.69) is 10.6 Å². The first-order valence-corrected chi connectivity index (χ1v) is 16.2. The van der Waals surface area contributed by atoms with Crippen molar-refractivity contribution in [1.82, 2.24) is 30.3 Å². The highest BCUT2D eigenvalue weighted by Gasteiger charge is 2.31. The standard InChI is InChI=1S/C32H42N6O4S/c1-22(2)27-30-35-29(24-14-9-6-10-15-24)36-38(30)20-19-37(32(41)28(42-3)23-12-7-5-8-13-23)18-11-16-26(39)33-25(17-21-43-4)31(40)34-27/h5-10,12-15,22,25,27-28H,11,16-21H2,1-4H3,(H,33,39)(H,34,40)/t25-,27+,28-/m0/s1. The predicted molar refractivity (Wildman–Crippen MR) is 168 cm³/mol. The molecule has 3 amide bonds. The fraction of sp³-hybridized carbons (Fsp3) is 0.469. The Morgan fingerprint density at radius 2 is 1.72 bits per heavy atom. The number of ether oxygens (including phenoxy) is 1. The lowest BCUT2D eigenvalue weighted by Crippen LogP contribution is -2.49. The Bertz CT molecular complexity index is 1350. The summed E-state index contributed by atoms with van der Waals surface area (Å²) < 4.78 is 7.48. The van der Waals surface area contributed by atoms with Crippen LogP contribution in [0.2, 0.25) is 0 Å². The molecule has 2 N–H and O–H groups in total. The summed E-state index contributed by atoms with van der Waals surface area (Å²) in [5.74, 6) is 1.21. The molecule has 2 aromatic carbocycles. The zero-order valence-electron chi connectivity index (χ0n) is 25.4. The van der Waals surface area contributed by atoms with Crippen LogP contribution in [0.4, 0.5) is 0 Å². The first-order chi connectivity index (χ1) is 20.8. The van der Waals surface area contributed by atoms with Crippen LogP contribution < -0.4 is 10.6 Å². The van der Waals surface area contributed by atoms with Gasteiger partial charge in [0.2, 0.25) is 11.8 Å². The van der Waals surface area contributed by atoms with Gasteiger partial charge >= 0.3 is 0 Å². The molecule has 230 valence electrons. The van der Waals surface area contributed by atoms with Crippen LogP contribution in [0.5, 0.6) is 0 Å². The smallest absolute Gasteiger partial charge is 0.256 e. The van der Waals surface area contributed by atoms with Crippen LogP contribution in [0.25, 0.3) is 11.4 Å². The second kappa shape index (κ2) is 15.7. The Morgan fingerprint density at radius 3 is 2.37 bits per heavy atom. The second-order valence-corrected chi connectivity index (χ2v) is 12.0. The number of carbonyl (C=O) groups is 3. The van der Waals surface area contributed by atoms with E-state index >= 15 is 0 Å². The third kappa shape index (κ3) is 8.45. The first kappa shape index (κ1) is 32.2. The topological polar surface area (TPSA) is 118 Å². The Hall–Kier alpha value is -3.70. The quantitative estimate of drug-likeness (QED) is 0.398. The van der Waals surface area contributed by atoms with E-state index in [1.54, 1.807) is 21.3 Å². The van der Waals surface area contributed by atoms with Gasteiger partial charge in [-0.3, -0.25) is 14.4 Å². The average molecular weight is 607 g/mol. The van der Waals surface area contributed by atoms with E-state index in [0.29, 0.717) is 44.1 Å². The van der Waals surface area contributed by atoms with Crippen molar-refractivity contribution in [2.45, 2.75) is 57.8 Å². The number of benzene rings is 2. The molecular weight excluding hydrogens is 564 g/mol. The largest absolute Gasteiger partial charge is 0.367 e. The summed E-state index contributed by atoms with van der Waals surface area (Å²) in [7, 11) is 1.53. The van der Waals surface area contributed by atoms with Gasteiger partial charge < -0.3 is 20.3 Å². The zero-order chi connectivity index (χ0) is 30.8. The van der Waals surface area contributed by atoms with Crippen LogP contribution in [0.3, 0.4) is 0 Å². The molecule has 1 aliphatic rings. The third-order valence-electron chi connectivity index (χ3n) is 7.52. The van der Waals surface area contributed by atoms with Gasteiger partial charge in [0.25, 0.3) is 5.91 Å². The Balaban J connectivity index is 1.73. The number of aromatic nitrogens is 3. The molecule has 0 saturated carbocycles. The molecule has 0 aliphatic carbocycles. The lowest BCUT2D eigenvalue weighted by Gasteiger charge is -2.29. The van der Waals surface area contributed by atoms with E-state index in [1.807, 2.05) is 80.8 Å². The summed E-state index contributed by atoms with van der Waals surface area (Å²) >= 11 is 1.62. The summed E-state index contributed by atoms with van der Waals surface area (Å²) in [5, 5.41) is 11.0. The maximum atomic E-state index is 13.9. The van der Waals surface area contributed by atoms with Crippen molar-refractivity contribution in [2.24, 2.45) is 5.92 Å². The molecule has 11 heteroatoms. The highest BCUT2D eigenvalue weighted by atomic mass is 32.2. The molecule has 4 rings (SSSR count). The molecule has 0 unspecified atom stereocenters. The fourth-order valence-electron chi connectivity index (χ4n) is 5.16. The lowest BCUT2D eigenvalue weighted by molar-refractivity contribution is -0.143. The molecule has 43 heavy (non-hydrogen) atoms. The van der Waals surface area contributed by atoms with Gasteiger partial charge in [-0.15, -0.1) is 0 Å². The fourth-order valence-corrected chi connectivity index (χ4v) is 5.64. The van der Waals surface area contributed by atoms with Crippen LogP contribution in [0.15, 0.2) is 60.7 Å². The van der Waals surface area contributed by atoms with Gasteiger partial charge in [0.15, 0.2) is 17.8 Å². The van der Waals surface area contributed by atoms with Crippen molar-refractivity contribution in [1.29, 1.82) is 0 Å². The lowest BCUT2D eigenvalue weighted by atomic mass is 10.0. The summed E-state index contributed by atoms with van der Waals surface area (Å²) in [6.07, 6.45) is 2.33. The molecule has 0 bridgehead atoms. The molecule has 1 aromatic heterocycles. The molecule has 0 radical (unpaired) electrons. The minimum Gasteiger partial charge on any atom is -0.367 e. The van der Waals surface area contributed by atoms with Crippen molar-refractivity contribution in [2.75, 3.05) is 32.2 Å². The number of thioether (sulfide) groups is 1. The number of hydrogen-bond donors (Lipinski definition) is 2. The third-order valence-corrected chi connectivity index (χ3v) is 8.17. The monoisotopic (exact) mass is 606 g/mol. The molecule has 0 saturated heterocycles. The molecule has 0 spiro atoms. The van der Waals surface area contributed by atoms with Crippen LogP contribution in [-0.2, 0) is 25.7 Å². The van der Waals surface area contributed by atoms with Gasteiger partial charge in [0.1, 0.15) is 6.04 Å². The second-order valence-electron chi connectivity index (χ2n) is 11.0. The Labute approximate surface area is 258 Å². The van der Waals surface area contributed by atoms with Crippen molar-refractivity contribution < 1.29 is 19.1 Å². The molecule has 2 heterocycles. The highest BCUT2D eigenvalue weighted by Crippen LogP contribution is 2.25. The number of rotatable bonds is 8. The van der Waals surface area contributed by atoms with Gasteiger partial charge in [-0.2, -0.15) is 16.9 Å². The number of hydrogen-bond acceptors (Lipinski definition) is 7. The van der Waals surface area contributed by atoms with E-state index in [-0.39, 0.29) is 30.1 Å². The number of amides is 3. The highest BCUT2D eigenvalue weighted by molar-refractivity contribution is 7.98. The number of nitrogens with zero attached hydrogens (tertiary/aromatic N) is 4. The van der Waals surface area contributed by atoms with Crippen molar-refractivity contribution >= 4 is 29.5 Å². The van der Waals surface area contributed by atoms with E-state index < -0.39 is 18.2 Å². The average Bonchev–Trinajstić information content (AvgIpc) is 3.44. The SMILES string of the molecule is CO[C@H](C(=O)N1CCCC(=O)N[C@@H](CCSC)C(=O)N[C@H](C(C)C)c2nc(-c3ccccc3)nn2CC1)c1ccccc1. The first-order valence-electron chi connectivity index (χ1n) is 14.8. The zero-order valence-corrected chi connectivity index (χ0v) is 26.2. The normalized spacial score (nSPS) is 19.2. The van der Waals surface area contributed by atoms with E-state index in [9.17, 15) is 14.4 Å². The van der Waals surface area contributed by atoms with Crippen molar-refractivity contribution in [3.63, 3.8) is 0 Å². The van der Waals surface area contributed by atoms with Crippen molar-refractivity contribution in [3.8, 4) is 11.4 Å². The number of methoxy groups -OCH3 is 1. The summed E-state index contributed by atoms with van der Waals surface area (Å²) in [5.41, 5.74) is 1.62. The summed E-state index contributed by atoms with van der Waals surface area (Å²) in [6, 6.07) is 17.9. The summed E-state index contributed by atoms with van der Waals surface area (Å²) in [6.45, 7) is 5.07. The van der Waals surface area contributed by atoms with E-state index in [1.165, 1.54) is 7.11 Å². The van der Waals surface area contributed by atoms with Crippen LogP contribution in [0, 0.1) is 5.92 Å². The number of nitrogens with one attached hydrogen (secondary N) is 2. The Kier molecular flexibility index (Phi) is 11.7. The number of carbonyl (C=O) groups excluding carboxylic acids is 3. The van der Waals surface area contributed by atoms with Gasteiger partial charge in [-0.05, 0) is 36.3 Å². The van der Waals surface area contributed by atoms with E-state index in [0.717, 1.165) is 16.9 Å². The maximum Gasteiger partial charge on any atom is 0.256 e. The minimum atomic E-state index is -0.775. The van der Waals surface area contributed by atoms with Gasteiger partial charge in [0, 0.05) is 32.2 Å². The van der Waals surface area contributed by atoms with Gasteiger partial charge in [-0.1, -0.05) is 74.5 Å². The van der Waals surface area contributed by atoms with Gasteiger partial charge in [0.05, 0.1) is 12.6 Å². The number of fused-ring (bicyclic) bond motifs is 1. The molecule has 3 aromatic rings. The summed E-state index contributed by atoms with van der Waals surface area (Å²) in [4.78, 5) is 47.1. The van der Waals surface area contributed by atoms with Gasteiger partial charge in [-0.25, -0.2) is 9.67 Å². The van der Waals surface area contributed by atoms with Crippen LogP contribution in [0.1, 0.15) is 56.6 Å². The molecule has 10 nitrogen and oxygen atoms in total. The molecule has 0 fully saturated rings. The minimum absolute atomic E-state index is 0.0194. The molecular formula is C32H42N6O4S.